The number of hydrogen-bond acceptors (Lipinski definition) is 5. The van der Waals surface area contributed by atoms with E-state index < -0.39 is 0 Å². The summed E-state index contributed by atoms with van der Waals surface area (Å²) < 4.78 is 0. The summed E-state index contributed by atoms with van der Waals surface area (Å²) in [4.78, 5) is 8.27. The van der Waals surface area contributed by atoms with Gasteiger partial charge in [-0.25, -0.2) is 9.97 Å². The minimum Gasteiger partial charge on any atom is -0.395 e. The highest BCUT2D eigenvalue weighted by Crippen LogP contribution is 2.20. The van der Waals surface area contributed by atoms with Crippen LogP contribution < -0.4 is 5.73 Å². The summed E-state index contributed by atoms with van der Waals surface area (Å²) >= 11 is 1.41. The smallest absolute Gasteiger partial charge is 0.187 e. The zero-order valence-electron chi connectivity index (χ0n) is 8.34. The lowest BCUT2D eigenvalue weighted by Gasteiger charge is -2.15. The van der Waals surface area contributed by atoms with Gasteiger partial charge in [0.05, 0.1) is 11.9 Å². The van der Waals surface area contributed by atoms with Gasteiger partial charge in [-0.3, -0.25) is 0 Å². The van der Waals surface area contributed by atoms with Crippen LogP contribution in [0.25, 0.3) is 0 Å². The number of thioether (sulfide) groups is 1. The van der Waals surface area contributed by atoms with Crippen LogP contribution in [0.3, 0.4) is 0 Å². The Morgan fingerprint density at radius 1 is 1.50 bits per heavy atom. The van der Waals surface area contributed by atoms with Crippen molar-refractivity contribution in [3.63, 3.8) is 0 Å². The topological polar surface area (TPSA) is 72.0 Å². The van der Waals surface area contributed by atoms with E-state index in [1.807, 2.05) is 13.8 Å². The Hall–Kier alpha value is -0.650. The maximum Gasteiger partial charge on any atom is 0.187 e. The predicted octanol–water partition coefficient (Wildman–Crippen LogP) is 0.585. The molecule has 0 radical (unpaired) electrons. The molecule has 0 aliphatic rings. The number of aromatic nitrogens is 2. The third kappa shape index (κ3) is 3.25. The molecule has 4 nitrogen and oxygen atoms in total. The summed E-state index contributed by atoms with van der Waals surface area (Å²) in [5, 5.41) is 9.67. The van der Waals surface area contributed by atoms with Crippen molar-refractivity contribution in [2.75, 3.05) is 6.61 Å². The van der Waals surface area contributed by atoms with E-state index in [9.17, 15) is 0 Å². The quantitative estimate of drug-likeness (QED) is 0.565. The molecule has 0 saturated heterocycles. The molecule has 78 valence electrons. The Bertz CT molecular complexity index is 276. The van der Waals surface area contributed by atoms with E-state index in [0.717, 1.165) is 5.56 Å². The summed E-state index contributed by atoms with van der Waals surface area (Å²) in [6.07, 6.45) is 3.51. The van der Waals surface area contributed by atoms with Crippen LogP contribution in [0, 0.1) is 6.92 Å². The second-order valence-corrected chi connectivity index (χ2v) is 4.45. The molecular weight excluding hydrogens is 198 g/mol. The van der Waals surface area contributed by atoms with Crippen molar-refractivity contribution in [3.8, 4) is 0 Å². The fraction of sp³-hybridized carbons (Fsp3) is 0.556. The molecule has 2 atom stereocenters. The molecule has 0 aliphatic heterocycles. The first-order valence-electron chi connectivity index (χ1n) is 4.45. The first kappa shape index (κ1) is 11.4. The number of aryl methyl sites for hydroxylation is 1. The molecule has 3 N–H and O–H groups in total. The monoisotopic (exact) mass is 213 g/mol. The largest absolute Gasteiger partial charge is 0.395 e. The molecule has 1 aromatic rings. The fourth-order valence-electron chi connectivity index (χ4n) is 0.888. The van der Waals surface area contributed by atoms with Gasteiger partial charge in [-0.1, -0.05) is 11.8 Å². The second-order valence-electron chi connectivity index (χ2n) is 3.24. The molecule has 1 rings (SSSR count). The summed E-state index contributed by atoms with van der Waals surface area (Å²) in [6, 6.07) is -0.0742. The molecule has 0 saturated carbocycles. The third-order valence-corrected chi connectivity index (χ3v) is 3.08. The Balaban J connectivity index is 2.63. The lowest BCUT2D eigenvalue weighted by Crippen LogP contribution is -2.31. The average molecular weight is 213 g/mol. The van der Waals surface area contributed by atoms with Crippen molar-refractivity contribution in [1.82, 2.24) is 9.97 Å². The van der Waals surface area contributed by atoms with Crippen molar-refractivity contribution in [1.29, 1.82) is 0 Å². The molecule has 0 amide bonds. The van der Waals surface area contributed by atoms with Crippen LogP contribution in [0.1, 0.15) is 12.5 Å². The molecule has 0 aromatic carbocycles. The Kier molecular flexibility index (Phi) is 4.31. The highest BCUT2D eigenvalue weighted by atomic mass is 32.2. The van der Waals surface area contributed by atoms with Gasteiger partial charge in [-0.2, -0.15) is 0 Å². The first-order chi connectivity index (χ1) is 6.63. The van der Waals surface area contributed by atoms with E-state index in [1.54, 1.807) is 12.4 Å². The van der Waals surface area contributed by atoms with Crippen molar-refractivity contribution in [2.45, 2.75) is 30.3 Å². The summed E-state index contributed by atoms with van der Waals surface area (Å²) in [7, 11) is 0. The lowest BCUT2D eigenvalue weighted by atomic mass is 10.3. The molecule has 14 heavy (non-hydrogen) atoms. The van der Waals surface area contributed by atoms with E-state index in [0.29, 0.717) is 5.16 Å². The van der Waals surface area contributed by atoms with Gasteiger partial charge in [0.1, 0.15) is 0 Å². The number of nitrogens with two attached hydrogens (primary N) is 1. The molecular formula is C9H15N3OS. The van der Waals surface area contributed by atoms with E-state index in [4.69, 9.17) is 10.8 Å². The Labute approximate surface area is 88.0 Å². The van der Waals surface area contributed by atoms with Gasteiger partial charge in [0, 0.05) is 18.4 Å². The SMILES string of the molecule is Cc1cnc(SC(CO)C(C)N)nc1. The number of aliphatic hydroxyl groups is 1. The van der Waals surface area contributed by atoms with Crippen LogP contribution in [0.5, 0.6) is 0 Å². The minimum absolute atomic E-state index is 0.0412. The van der Waals surface area contributed by atoms with Gasteiger partial charge >= 0.3 is 0 Å². The molecule has 0 fully saturated rings. The van der Waals surface area contributed by atoms with E-state index >= 15 is 0 Å². The highest BCUT2D eigenvalue weighted by Gasteiger charge is 2.15. The van der Waals surface area contributed by atoms with Gasteiger partial charge in [0.15, 0.2) is 5.16 Å². The second kappa shape index (κ2) is 5.29. The van der Waals surface area contributed by atoms with Crippen molar-refractivity contribution >= 4 is 11.8 Å². The van der Waals surface area contributed by atoms with Gasteiger partial charge in [-0.15, -0.1) is 0 Å². The van der Waals surface area contributed by atoms with Crippen LogP contribution in [-0.2, 0) is 0 Å². The maximum atomic E-state index is 9.06. The Morgan fingerprint density at radius 2 is 2.07 bits per heavy atom. The van der Waals surface area contributed by atoms with Crippen molar-refractivity contribution in [3.05, 3.63) is 18.0 Å². The Morgan fingerprint density at radius 3 is 2.50 bits per heavy atom. The van der Waals surface area contributed by atoms with Crippen LogP contribution in [-0.4, -0.2) is 33.0 Å². The van der Waals surface area contributed by atoms with Crippen LogP contribution >= 0.6 is 11.8 Å². The molecule has 5 heteroatoms. The molecule has 0 spiro atoms. The molecule has 2 unspecified atom stereocenters. The zero-order chi connectivity index (χ0) is 10.6. The maximum absolute atomic E-state index is 9.06. The normalized spacial score (nSPS) is 15.1. The third-order valence-electron chi connectivity index (χ3n) is 1.78. The fourth-order valence-corrected chi connectivity index (χ4v) is 1.67. The highest BCUT2D eigenvalue weighted by molar-refractivity contribution is 7.99. The van der Waals surface area contributed by atoms with Crippen LogP contribution in [0.4, 0.5) is 0 Å². The van der Waals surface area contributed by atoms with Crippen molar-refractivity contribution in [2.24, 2.45) is 5.73 Å². The molecule has 0 aliphatic carbocycles. The van der Waals surface area contributed by atoms with E-state index in [-0.39, 0.29) is 17.9 Å². The van der Waals surface area contributed by atoms with Crippen LogP contribution in [0.2, 0.25) is 0 Å². The van der Waals surface area contributed by atoms with Crippen LogP contribution in [0.15, 0.2) is 17.6 Å². The summed E-state index contributed by atoms with van der Waals surface area (Å²) in [5.74, 6) is 0. The average Bonchev–Trinajstić information content (AvgIpc) is 2.16. The number of aliphatic hydroxyl groups excluding tert-OH is 1. The minimum atomic E-state index is -0.0742. The summed E-state index contributed by atoms with van der Waals surface area (Å²) in [5.41, 5.74) is 6.71. The van der Waals surface area contributed by atoms with Crippen molar-refractivity contribution < 1.29 is 5.11 Å². The standard InChI is InChI=1S/C9H15N3OS/c1-6-3-11-9(12-4-6)14-8(5-13)7(2)10/h3-4,7-8,13H,5,10H2,1-2H3. The predicted molar refractivity (Wildman–Crippen MR) is 57.1 cm³/mol. The number of nitrogens with zero attached hydrogens (tertiary/aromatic N) is 2. The van der Waals surface area contributed by atoms with Gasteiger partial charge in [0.2, 0.25) is 0 Å². The van der Waals surface area contributed by atoms with Gasteiger partial charge in [-0.05, 0) is 19.4 Å². The zero-order valence-corrected chi connectivity index (χ0v) is 9.16. The molecule has 1 aromatic heterocycles. The molecule has 0 bridgehead atoms. The van der Waals surface area contributed by atoms with E-state index in [1.165, 1.54) is 11.8 Å². The first-order valence-corrected chi connectivity index (χ1v) is 5.33. The van der Waals surface area contributed by atoms with Gasteiger partial charge < -0.3 is 10.8 Å². The van der Waals surface area contributed by atoms with E-state index in [2.05, 4.69) is 9.97 Å². The lowest BCUT2D eigenvalue weighted by molar-refractivity contribution is 0.285. The molecule has 1 heterocycles. The number of hydrogen-bond donors (Lipinski definition) is 2. The number of rotatable bonds is 4. The summed E-state index contributed by atoms with van der Waals surface area (Å²) in [6.45, 7) is 3.84. The van der Waals surface area contributed by atoms with Gasteiger partial charge in [0.25, 0.3) is 0 Å².